The number of aliphatic carboxylic acids is 1. The average molecular weight is 327 g/mol. The molecule has 0 unspecified atom stereocenters. The summed E-state index contributed by atoms with van der Waals surface area (Å²) in [6.45, 7) is 5.02. The van der Waals surface area contributed by atoms with Gasteiger partial charge in [0.15, 0.2) is 0 Å². The Morgan fingerprint density at radius 2 is 1.91 bits per heavy atom. The maximum Gasteiger partial charge on any atom is 0.237 e. The molecule has 3 rings (SSSR count). The van der Waals surface area contributed by atoms with Crippen LogP contribution in [0, 0.1) is 6.92 Å². The van der Waals surface area contributed by atoms with E-state index in [1.165, 1.54) is 0 Å². The van der Waals surface area contributed by atoms with Gasteiger partial charge >= 0.3 is 0 Å². The Balaban J connectivity index is 2.12. The van der Waals surface area contributed by atoms with Crippen molar-refractivity contribution in [3.05, 3.63) is 42.2 Å². The van der Waals surface area contributed by atoms with Gasteiger partial charge in [-0.05, 0) is 32.4 Å². The number of carboxylic acid groups (broad SMARTS) is 1. The van der Waals surface area contributed by atoms with E-state index in [9.17, 15) is 9.90 Å². The van der Waals surface area contributed by atoms with Crippen LogP contribution < -0.4 is 10.4 Å². The molecule has 0 saturated carbocycles. The Kier molecular flexibility index (Phi) is 3.87. The van der Waals surface area contributed by atoms with Crippen LogP contribution in [0.15, 0.2) is 36.4 Å². The van der Waals surface area contributed by atoms with Crippen molar-refractivity contribution in [2.24, 2.45) is 0 Å². The molecule has 2 N–H and O–H groups in total. The van der Waals surface area contributed by atoms with Crippen molar-refractivity contribution in [3.63, 3.8) is 0 Å². The average Bonchev–Trinajstić information content (AvgIpc) is 2.91. The topological polar surface area (TPSA) is 82.5 Å². The number of thiophene rings is 1. The third-order valence-corrected chi connectivity index (χ3v) is 4.69. The van der Waals surface area contributed by atoms with Crippen LogP contribution in [0.2, 0.25) is 0 Å². The van der Waals surface area contributed by atoms with E-state index in [-0.39, 0.29) is 0 Å². The van der Waals surface area contributed by atoms with Gasteiger partial charge < -0.3 is 9.90 Å². The van der Waals surface area contributed by atoms with Crippen molar-refractivity contribution in [1.29, 1.82) is 0 Å². The first-order valence-electron chi connectivity index (χ1n) is 7.28. The first kappa shape index (κ1) is 15.6. The third-order valence-electron chi connectivity index (χ3n) is 3.62. The molecule has 0 amide bonds. The highest BCUT2D eigenvalue weighted by molar-refractivity contribution is 7.21. The summed E-state index contributed by atoms with van der Waals surface area (Å²) in [6, 6.07) is 12.1. The molecule has 6 heteroatoms. The fourth-order valence-electron chi connectivity index (χ4n) is 2.31. The highest BCUT2D eigenvalue weighted by atomic mass is 32.1. The van der Waals surface area contributed by atoms with Gasteiger partial charge in [0.1, 0.15) is 22.2 Å². The number of hydrogen-bond acceptors (Lipinski definition) is 5. The molecule has 2 aromatic heterocycles. The normalized spacial score (nSPS) is 11.8. The zero-order valence-corrected chi connectivity index (χ0v) is 14.0. The van der Waals surface area contributed by atoms with Gasteiger partial charge in [-0.2, -0.15) is 4.98 Å². The number of hydrogen-bond donors (Lipinski definition) is 1. The fraction of sp³-hybridized carbons (Fsp3) is 0.235. The molecule has 5 nitrogen and oxygen atoms in total. The van der Waals surface area contributed by atoms with E-state index in [0.29, 0.717) is 11.6 Å². The van der Waals surface area contributed by atoms with Crippen molar-refractivity contribution in [2.45, 2.75) is 26.3 Å². The van der Waals surface area contributed by atoms with E-state index in [1.54, 1.807) is 30.5 Å². The van der Waals surface area contributed by atoms with Crippen LogP contribution in [0.1, 0.15) is 19.7 Å². The minimum absolute atomic E-state index is 0.624. The number of nitrogens with two attached hydrogens (primary N) is 1. The predicted molar refractivity (Wildman–Crippen MR) is 88.3 cm³/mol. The second-order valence-corrected chi connectivity index (χ2v) is 7.04. The van der Waals surface area contributed by atoms with E-state index < -0.39 is 11.5 Å². The molecule has 0 saturated heterocycles. The zero-order chi connectivity index (χ0) is 16.6. The maximum absolute atomic E-state index is 11.3. The summed E-state index contributed by atoms with van der Waals surface area (Å²) in [5, 5.41) is 13.8. The Labute approximate surface area is 138 Å². The Hall–Kier alpha value is -2.31. The smallest absolute Gasteiger partial charge is 0.237 e. The Morgan fingerprint density at radius 3 is 2.57 bits per heavy atom. The lowest BCUT2D eigenvalue weighted by Gasteiger charge is -2.22. The van der Waals surface area contributed by atoms with Gasteiger partial charge in [0, 0.05) is 4.88 Å². The van der Waals surface area contributed by atoms with Gasteiger partial charge in [0.2, 0.25) is 5.82 Å². The minimum atomic E-state index is -1.12. The molecule has 0 atom stereocenters. The van der Waals surface area contributed by atoms with Crippen LogP contribution in [-0.2, 0) is 4.79 Å². The molecule has 0 radical (unpaired) electrons. The van der Waals surface area contributed by atoms with Crippen LogP contribution in [0.5, 0.6) is 0 Å². The predicted octanol–water partition coefficient (Wildman–Crippen LogP) is 1.39. The van der Waals surface area contributed by atoms with Crippen molar-refractivity contribution in [2.75, 3.05) is 0 Å². The number of carbonyl (C=O) groups is 1. The molecule has 0 spiro atoms. The number of carbonyl (C=O) groups excluding carboxylic acids is 1. The number of quaternary nitrogens is 1. The molecule has 0 aliphatic rings. The SMILES string of the molecule is Cc1nc([NH2+]C(C)(C)C(=O)[O-])c2cc(-c3ccccc3)sc2n1. The fourth-order valence-corrected chi connectivity index (χ4v) is 3.40. The molecule has 2 heterocycles. The molecule has 1 aromatic carbocycles. The van der Waals surface area contributed by atoms with E-state index in [2.05, 4.69) is 9.97 Å². The number of carboxylic acids is 1. The second-order valence-electron chi connectivity index (χ2n) is 6.01. The second kappa shape index (κ2) is 5.72. The summed E-state index contributed by atoms with van der Waals surface area (Å²) < 4.78 is 0. The summed E-state index contributed by atoms with van der Waals surface area (Å²) in [7, 11) is 0. The van der Waals surface area contributed by atoms with Gasteiger partial charge in [-0.1, -0.05) is 30.3 Å². The van der Waals surface area contributed by atoms with Gasteiger partial charge in [0.25, 0.3) is 0 Å². The van der Waals surface area contributed by atoms with Gasteiger partial charge in [0.05, 0.1) is 5.39 Å². The van der Waals surface area contributed by atoms with Crippen LogP contribution in [-0.4, -0.2) is 21.5 Å². The Bertz CT molecular complexity index is 872. The molecular formula is C17H17N3O2S. The standard InChI is InChI=1S/C17H17N3O2S/c1-10-18-14(20-17(2,3)16(21)22)12-9-13(23-15(12)19-10)11-7-5-4-6-8-11/h4-9H,1-3H3,(H,21,22)(H,18,19,20). The lowest BCUT2D eigenvalue weighted by Crippen LogP contribution is -2.94. The third kappa shape index (κ3) is 3.09. The maximum atomic E-state index is 11.3. The quantitative estimate of drug-likeness (QED) is 0.785. The number of aryl methyl sites for hydroxylation is 1. The molecule has 0 fully saturated rings. The van der Waals surface area contributed by atoms with E-state index in [1.807, 2.05) is 43.3 Å². The number of nitrogens with zero attached hydrogens (tertiary/aromatic N) is 2. The lowest BCUT2D eigenvalue weighted by molar-refractivity contribution is -0.642. The molecule has 118 valence electrons. The summed E-state index contributed by atoms with van der Waals surface area (Å²) >= 11 is 1.58. The van der Waals surface area contributed by atoms with E-state index in [0.717, 1.165) is 20.7 Å². The molecule has 23 heavy (non-hydrogen) atoms. The summed E-state index contributed by atoms with van der Waals surface area (Å²) in [6.07, 6.45) is 0. The first-order chi connectivity index (χ1) is 10.9. The van der Waals surface area contributed by atoms with E-state index >= 15 is 0 Å². The monoisotopic (exact) mass is 327 g/mol. The molecular weight excluding hydrogens is 310 g/mol. The van der Waals surface area contributed by atoms with Crippen LogP contribution in [0.3, 0.4) is 0 Å². The number of aromatic nitrogens is 2. The summed E-state index contributed by atoms with van der Waals surface area (Å²) in [5.41, 5.74) is 0.0148. The van der Waals surface area contributed by atoms with Gasteiger partial charge in [-0.15, -0.1) is 11.3 Å². The minimum Gasteiger partial charge on any atom is -0.544 e. The van der Waals surface area contributed by atoms with Crippen molar-refractivity contribution < 1.29 is 15.2 Å². The number of fused-ring (bicyclic) bond motifs is 1. The zero-order valence-electron chi connectivity index (χ0n) is 13.2. The number of rotatable bonds is 4. The molecule has 0 aliphatic carbocycles. The highest BCUT2D eigenvalue weighted by Gasteiger charge is 2.27. The van der Waals surface area contributed by atoms with Crippen LogP contribution >= 0.6 is 11.3 Å². The first-order valence-corrected chi connectivity index (χ1v) is 8.09. The van der Waals surface area contributed by atoms with Gasteiger partial charge in [-0.25, -0.2) is 4.98 Å². The lowest BCUT2D eigenvalue weighted by atomic mass is 10.1. The molecule has 0 aliphatic heterocycles. The Morgan fingerprint density at radius 1 is 1.22 bits per heavy atom. The number of benzene rings is 1. The van der Waals surface area contributed by atoms with Crippen molar-refractivity contribution in [1.82, 2.24) is 9.97 Å². The van der Waals surface area contributed by atoms with E-state index in [4.69, 9.17) is 0 Å². The molecule has 0 bridgehead atoms. The van der Waals surface area contributed by atoms with Crippen LogP contribution in [0.4, 0.5) is 5.82 Å². The van der Waals surface area contributed by atoms with Crippen molar-refractivity contribution in [3.8, 4) is 10.4 Å². The highest BCUT2D eigenvalue weighted by Crippen LogP contribution is 2.34. The largest absolute Gasteiger partial charge is 0.544 e. The van der Waals surface area contributed by atoms with Crippen molar-refractivity contribution >= 4 is 33.3 Å². The van der Waals surface area contributed by atoms with Crippen LogP contribution in [0.25, 0.3) is 20.7 Å². The summed E-state index contributed by atoms with van der Waals surface area (Å²) in [5.74, 6) is 0.139. The van der Waals surface area contributed by atoms with Gasteiger partial charge in [-0.3, -0.25) is 5.32 Å². The molecule has 3 aromatic rings. The summed E-state index contributed by atoms with van der Waals surface area (Å²) in [4.78, 5) is 22.1.